The van der Waals surface area contributed by atoms with Crippen LogP contribution < -0.4 is 5.73 Å². The first-order chi connectivity index (χ1) is 9.84. The lowest BCUT2D eigenvalue weighted by molar-refractivity contribution is 0.358. The average molecular weight is 307 g/mol. The van der Waals surface area contributed by atoms with E-state index in [1.54, 1.807) is 25.2 Å². The minimum absolute atomic E-state index is 0.300. The summed E-state index contributed by atoms with van der Waals surface area (Å²) in [6.07, 6.45) is 0. The van der Waals surface area contributed by atoms with Crippen molar-refractivity contribution in [3.63, 3.8) is 0 Å². The molecular formula is C15H21N3O2S. The van der Waals surface area contributed by atoms with Crippen LogP contribution in [0.5, 0.6) is 0 Å². The van der Waals surface area contributed by atoms with Crippen LogP contribution in [0.2, 0.25) is 0 Å². The maximum absolute atomic E-state index is 12.7. The Morgan fingerprint density at radius 3 is 2.19 bits per heavy atom. The van der Waals surface area contributed by atoms with Crippen molar-refractivity contribution in [1.29, 1.82) is 0 Å². The number of nitrogen functional groups attached to an aromatic ring is 1. The summed E-state index contributed by atoms with van der Waals surface area (Å²) in [4.78, 5) is 2.25. The first-order valence-electron chi connectivity index (χ1n) is 6.72. The van der Waals surface area contributed by atoms with Gasteiger partial charge in [-0.25, -0.2) is 8.42 Å². The molecule has 2 N–H and O–H groups in total. The molecule has 2 aromatic carbocycles. The summed E-state index contributed by atoms with van der Waals surface area (Å²) >= 11 is 0. The van der Waals surface area contributed by atoms with Gasteiger partial charge in [0.15, 0.2) is 0 Å². The van der Waals surface area contributed by atoms with E-state index in [9.17, 15) is 8.42 Å². The zero-order valence-electron chi connectivity index (χ0n) is 12.6. The van der Waals surface area contributed by atoms with Gasteiger partial charge < -0.3 is 10.6 Å². The molecule has 0 atom stereocenters. The van der Waals surface area contributed by atoms with Crippen LogP contribution in [-0.4, -0.2) is 51.9 Å². The van der Waals surface area contributed by atoms with Crippen LogP contribution in [0, 0.1) is 0 Å². The van der Waals surface area contributed by atoms with Crippen LogP contribution in [0.4, 0.5) is 5.69 Å². The number of rotatable bonds is 5. The van der Waals surface area contributed by atoms with Gasteiger partial charge in [-0.05, 0) is 26.2 Å². The number of nitrogens with two attached hydrogens (primary N) is 1. The lowest BCUT2D eigenvalue weighted by atomic mass is 10.1. The number of sulfonamides is 1. The van der Waals surface area contributed by atoms with Crippen LogP contribution in [-0.2, 0) is 10.0 Å². The van der Waals surface area contributed by atoms with Gasteiger partial charge in [0.25, 0.3) is 0 Å². The van der Waals surface area contributed by atoms with Crippen LogP contribution in [0.15, 0.2) is 41.3 Å². The molecule has 0 aromatic heterocycles. The molecule has 0 saturated heterocycles. The van der Waals surface area contributed by atoms with Crippen LogP contribution in [0.25, 0.3) is 10.8 Å². The third-order valence-electron chi connectivity index (χ3n) is 3.47. The normalized spacial score (nSPS) is 12.4. The molecule has 0 unspecified atom stereocenters. The van der Waals surface area contributed by atoms with E-state index in [-0.39, 0.29) is 0 Å². The molecule has 0 fully saturated rings. The molecule has 114 valence electrons. The SMILES string of the molecule is CN(C)CCN(C)S(=O)(=O)c1ccc(N)c2ccccc12. The first kappa shape index (κ1) is 15.8. The molecule has 0 heterocycles. The van der Waals surface area contributed by atoms with Crippen molar-refractivity contribution < 1.29 is 8.42 Å². The monoisotopic (exact) mass is 307 g/mol. The van der Waals surface area contributed by atoms with E-state index in [1.165, 1.54) is 4.31 Å². The van der Waals surface area contributed by atoms with Crippen LogP contribution >= 0.6 is 0 Å². The molecule has 21 heavy (non-hydrogen) atoms. The van der Waals surface area contributed by atoms with E-state index in [1.807, 2.05) is 37.2 Å². The molecule has 0 radical (unpaired) electrons. The number of fused-ring (bicyclic) bond motifs is 1. The molecule has 5 nitrogen and oxygen atoms in total. The highest BCUT2D eigenvalue weighted by Gasteiger charge is 2.23. The number of likely N-dealkylation sites (N-methyl/N-ethyl adjacent to an activating group) is 2. The fourth-order valence-corrected chi connectivity index (χ4v) is 3.50. The number of hydrogen-bond donors (Lipinski definition) is 1. The van der Waals surface area contributed by atoms with Gasteiger partial charge in [-0.3, -0.25) is 0 Å². The van der Waals surface area contributed by atoms with Gasteiger partial charge in [0, 0.05) is 36.6 Å². The fourth-order valence-electron chi connectivity index (χ4n) is 2.15. The highest BCUT2D eigenvalue weighted by molar-refractivity contribution is 7.89. The van der Waals surface area contributed by atoms with Crippen molar-refractivity contribution in [2.24, 2.45) is 0 Å². The minimum atomic E-state index is -3.53. The molecule has 0 aliphatic rings. The van der Waals surface area contributed by atoms with E-state index < -0.39 is 10.0 Å². The van der Waals surface area contributed by atoms with Gasteiger partial charge >= 0.3 is 0 Å². The molecule has 0 aliphatic heterocycles. The Bertz CT molecular complexity index is 742. The van der Waals surface area contributed by atoms with Gasteiger partial charge in [0.05, 0.1) is 4.90 Å². The lowest BCUT2D eigenvalue weighted by Crippen LogP contribution is -2.33. The summed E-state index contributed by atoms with van der Waals surface area (Å²) in [5, 5.41) is 1.42. The van der Waals surface area contributed by atoms with Gasteiger partial charge in [-0.15, -0.1) is 0 Å². The Kier molecular flexibility index (Phi) is 4.51. The Labute approximate surface area is 126 Å². The molecule has 0 bridgehead atoms. The molecule has 2 aromatic rings. The second kappa shape index (κ2) is 6.01. The third-order valence-corrected chi connectivity index (χ3v) is 5.38. The number of hydrogen-bond acceptors (Lipinski definition) is 4. The van der Waals surface area contributed by atoms with Gasteiger partial charge in [-0.2, -0.15) is 4.31 Å². The molecule has 0 amide bonds. The second-order valence-corrected chi connectivity index (χ2v) is 7.34. The summed E-state index contributed by atoms with van der Waals surface area (Å²) in [6, 6.07) is 10.5. The number of benzene rings is 2. The Morgan fingerprint density at radius 1 is 0.952 bits per heavy atom. The number of nitrogens with zero attached hydrogens (tertiary/aromatic N) is 2. The lowest BCUT2D eigenvalue weighted by Gasteiger charge is -2.20. The highest BCUT2D eigenvalue weighted by atomic mass is 32.2. The molecule has 0 aliphatic carbocycles. The first-order valence-corrected chi connectivity index (χ1v) is 8.16. The summed E-state index contributed by atoms with van der Waals surface area (Å²) < 4.78 is 26.9. The van der Waals surface area contributed by atoms with Crippen molar-refractivity contribution in [3.05, 3.63) is 36.4 Å². The largest absolute Gasteiger partial charge is 0.398 e. The van der Waals surface area contributed by atoms with E-state index in [2.05, 4.69) is 0 Å². The molecular weight excluding hydrogens is 286 g/mol. The molecule has 6 heteroatoms. The van der Waals surface area contributed by atoms with Crippen molar-refractivity contribution >= 4 is 26.5 Å². The quantitative estimate of drug-likeness (QED) is 0.852. The summed E-state index contributed by atoms with van der Waals surface area (Å²) in [6.45, 7) is 1.11. The van der Waals surface area contributed by atoms with E-state index >= 15 is 0 Å². The maximum Gasteiger partial charge on any atom is 0.243 e. The third kappa shape index (κ3) is 3.18. The highest BCUT2D eigenvalue weighted by Crippen LogP contribution is 2.29. The van der Waals surface area contributed by atoms with Crippen molar-refractivity contribution in [3.8, 4) is 0 Å². The van der Waals surface area contributed by atoms with Crippen molar-refractivity contribution in [2.75, 3.05) is 40.0 Å². The zero-order valence-corrected chi connectivity index (χ0v) is 13.4. The number of anilines is 1. The smallest absolute Gasteiger partial charge is 0.243 e. The van der Waals surface area contributed by atoms with Crippen LogP contribution in [0.1, 0.15) is 0 Å². The predicted molar refractivity (Wildman–Crippen MR) is 86.7 cm³/mol. The van der Waals surface area contributed by atoms with E-state index in [4.69, 9.17) is 5.73 Å². The minimum Gasteiger partial charge on any atom is -0.398 e. The standard InChI is InChI=1S/C15H21N3O2S/c1-17(2)10-11-18(3)21(19,20)15-9-8-14(16)12-6-4-5-7-13(12)15/h4-9H,10-11,16H2,1-3H3. The topological polar surface area (TPSA) is 66.6 Å². The van der Waals surface area contributed by atoms with Gasteiger partial charge in [-0.1, -0.05) is 24.3 Å². The predicted octanol–water partition coefficient (Wildman–Crippen LogP) is 1.60. The molecule has 2 rings (SSSR count). The summed E-state index contributed by atoms with van der Waals surface area (Å²) in [7, 11) is 1.91. The molecule has 0 saturated carbocycles. The Hall–Kier alpha value is -1.63. The Balaban J connectivity index is 2.48. The van der Waals surface area contributed by atoms with E-state index in [0.717, 1.165) is 5.39 Å². The van der Waals surface area contributed by atoms with Gasteiger partial charge in [0.1, 0.15) is 0 Å². The van der Waals surface area contributed by atoms with Crippen LogP contribution in [0.3, 0.4) is 0 Å². The summed E-state index contributed by atoms with van der Waals surface area (Å²) in [5.41, 5.74) is 6.51. The maximum atomic E-state index is 12.7. The molecule has 0 spiro atoms. The fraction of sp³-hybridized carbons (Fsp3) is 0.333. The zero-order chi connectivity index (χ0) is 15.6. The van der Waals surface area contributed by atoms with E-state index in [0.29, 0.717) is 29.1 Å². The summed E-state index contributed by atoms with van der Waals surface area (Å²) in [5.74, 6) is 0. The van der Waals surface area contributed by atoms with Crippen molar-refractivity contribution in [1.82, 2.24) is 9.21 Å². The Morgan fingerprint density at radius 2 is 1.57 bits per heavy atom. The van der Waals surface area contributed by atoms with Gasteiger partial charge in [0.2, 0.25) is 10.0 Å². The van der Waals surface area contributed by atoms with Crippen molar-refractivity contribution in [2.45, 2.75) is 4.90 Å². The average Bonchev–Trinajstić information content (AvgIpc) is 2.45. The second-order valence-electron chi connectivity index (χ2n) is 5.33.